The van der Waals surface area contributed by atoms with Crippen molar-refractivity contribution in [2.45, 2.75) is 6.42 Å². The van der Waals surface area contributed by atoms with Gasteiger partial charge < -0.3 is 14.5 Å². The Hall–Kier alpha value is -3.22. The van der Waals surface area contributed by atoms with Crippen molar-refractivity contribution in [2.75, 3.05) is 14.2 Å². The Labute approximate surface area is 139 Å². The summed E-state index contributed by atoms with van der Waals surface area (Å²) in [5.41, 5.74) is 6.13. The van der Waals surface area contributed by atoms with Gasteiger partial charge in [-0.1, -0.05) is 6.08 Å². The van der Waals surface area contributed by atoms with Crippen molar-refractivity contribution in [3.63, 3.8) is 0 Å². The third-order valence-electron chi connectivity index (χ3n) is 3.31. The zero-order valence-corrected chi connectivity index (χ0v) is 13.5. The van der Waals surface area contributed by atoms with Crippen LogP contribution < -0.4 is 20.3 Å². The second-order valence-corrected chi connectivity index (χ2v) is 4.86. The number of nitrogens with one attached hydrogen (secondary N) is 3. The van der Waals surface area contributed by atoms with Crippen molar-refractivity contribution in [1.29, 1.82) is 0 Å². The lowest BCUT2D eigenvalue weighted by atomic mass is 10.1. The van der Waals surface area contributed by atoms with Crippen LogP contribution in [0.3, 0.4) is 0 Å². The maximum Gasteiger partial charge on any atom is 0.286 e. The van der Waals surface area contributed by atoms with Gasteiger partial charge in [0.2, 0.25) is 0 Å². The number of hydrazine groups is 1. The molecular formula is C17H19N3O4. The van der Waals surface area contributed by atoms with Crippen LogP contribution in [0.25, 0.3) is 0 Å². The summed E-state index contributed by atoms with van der Waals surface area (Å²) in [4.78, 5) is 26.9. The molecule has 126 valence electrons. The number of benzene rings is 1. The van der Waals surface area contributed by atoms with Crippen molar-refractivity contribution >= 4 is 11.8 Å². The van der Waals surface area contributed by atoms with Crippen molar-refractivity contribution in [3.05, 3.63) is 59.9 Å². The van der Waals surface area contributed by atoms with Gasteiger partial charge in [0.05, 0.1) is 14.2 Å². The van der Waals surface area contributed by atoms with Crippen LogP contribution in [0.2, 0.25) is 0 Å². The van der Waals surface area contributed by atoms with E-state index < -0.39 is 11.8 Å². The van der Waals surface area contributed by atoms with E-state index in [0.717, 1.165) is 5.56 Å². The molecule has 0 bridgehead atoms. The van der Waals surface area contributed by atoms with E-state index in [-0.39, 0.29) is 0 Å². The molecule has 2 aromatic rings. The number of carbonyl (C=O) groups excluding carboxylic acids is 2. The van der Waals surface area contributed by atoms with Gasteiger partial charge in [0.25, 0.3) is 11.8 Å². The molecule has 0 radical (unpaired) electrons. The summed E-state index contributed by atoms with van der Waals surface area (Å²) in [6, 6.07) is 6.49. The fourth-order valence-electron chi connectivity index (χ4n) is 2.21. The summed E-state index contributed by atoms with van der Waals surface area (Å²) in [5.74, 6) is 0.0587. The Morgan fingerprint density at radius 3 is 2.54 bits per heavy atom. The summed E-state index contributed by atoms with van der Waals surface area (Å²) >= 11 is 0. The maximum absolute atomic E-state index is 12.3. The number of rotatable bonds is 6. The van der Waals surface area contributed by atoms with Gasteiger partial charge in [0.1, 0.15) is 5.69 Å². The highest BCUT2D eigenvalue weighted by Crippen LogP contribution is 2.33. The number of carbonyl (C=O) groups is 2. The average Bonchev–Trinajstić information content (AvgIpc) is 3.13. The number of hydrogen-bond donors (Lipinski definition) is 3. The second-order valence-electron chi connectivity index (χ2n) is 4.86. The van der Waals surface area contributed by atoms with Crippen LogP contribution >= 0.6 is 0 Å². The van der Waals surface area contributed by atoms with Crippen LogP contribution in [0.4, 0.5) is 0 Å². The number of ether oxygens (including phenoxy) is 2. The standard InChI is InChI=1S/C17H19N3O4/c1-4-6-11-9-12(10-14(23-2)15(11)24-3)16(21)19-20-17(22)13-7-5-8-18-13/h4-5,7-10,18H,1,6H2,2-3H3,(H,19,21)(H,20,22). The van der Waals surface area contributed by atoms with Crippen LogP contribution in [0.1, 0.15) is 26.4 Å². The van der Waals surface area contributed by atoms with E-state index in [0.29, 0.717) is 29.2 Å². The molecule has 1 aromatic carbocycles. The van der Waals surface area contributed by atoms with E-state index in [9.17, 15) is 9.59 Å². The Bertz CT molecular complexity index is 739. The Balaban J connectivity index is 2.17. The van der Waals surface area contributed by atoms with Gasteiger partial charge in [-0.15, -0.1) is 6.58 Å². The lowest BCUT2D eigenvalue weighted by Crippen LogP contribution is -2.41. The largest absolute Gasteiger partial charge is 0.493 e. The predicted octanol–water partition coefficient (Wildman–Crippen LogP) is 1.84. The predicted molar refractivity (Wildman–Crippen MR) is 89.2 cm³/mol. The first-order valence-electron chi connectivity index (χ1n) is 7.20. The van der Waals surface area contributed by atoms with Crippen LogP contribution in [0.5, 0.6) is 11.5 Å². The molecule has 24 heavy (non-hydrogen) atoms. The molecule has 0 aliphatic carbocycles. The molecule has 1 heterocycles. The number of H-pyrrole nitrogens is 1. The highest BCUT2D eigenvalue weighted by atomic mass is 16.5. The van der Waals surface area contributed by atoms with E-state index in [1.165, 1.54) is 14.2 Å². The third-order valence-corrected chi connectivity index (χ3v) is 3.31. The summed E-state index contributed by atoms with van der Waals surface area (Å²) in [6.45, 7) is 3.69. The van der Waals surface area contributed by atoms with E-state index in [1.807, 2.05) is 0 Å². The minimum absolute atomic E-state index is 0.330. The summed E-state index contributed by atoms with van der Waals surface area (Å²) in [5, 5.41) is 0. The number of allylic oxidation sites excluding steroid dienone is 1. The van der Waals surface area contributed by atoms with Crippen LogP contribution in [-0.2, 0) is 6.42 Å². The van der Waals surface area contributed by atoms with E-state index in [1.54, 1.807) is 36.5 Å². The van der Waals surface area contributed by atoms with Gasteiger partial charge in [-0.2, -0.15) is 0 Å². The topological polar surface area (TPSA) is 92.5 Å². The van der Waals surface area contributed by atoms with Crippen molar-refractivity contribution in [2.24, 2.45) is 0 Å². The molecule has 0 spiro atoms. The summed E-state index contributed by atoms with van der Waals surface area (Å²) in [6.07, 6.45) is 3.83. The molecule has 0 saturated carbocycles. The van der Waals surface area contributed by atoms with Gasteiger partial charge in [-0.25, -0.2) is 0 Å². The highest BCUT2D eigenvalue weighted by molar-refractivity contribution is 5.98. The Morgan fingerprint density at radius 1 is 1.21 bits per heavy atom. The number of methoxy groups -OCH3 is 2. The third kappa shape index (κ3) is 3.75. The Kier molecular flexibility index (Phi) is 5.62. The fourth-order valence-corrected chi connectivity index (χ4v) is 2.21. The molecule has 0 fully saturated rings. The molecule has 2 amide bonds. The van der Waals surface area contributed by atoms with Crippen LogP contribution in [0, 0.1) is 0 Å². The smallest absolute Gasteiger partial charge is 0.286 e. The first-order chi connectivity index (χ1) is 11.6. The summed E-state index contributed by atoms with van der Waals surface area (Å²) < 4.78 is 10.6. The minimum Gasteiger partial charge on any atom is -0.493 e. The molecule has 3 N–H and O–H groups in total. The number of aromatic nitrogens is 1. The van der Waals surface area contributed by atoms with Crippen LogP contribution in [0.15, 0.2) is 43.1 Å². The van der Waals surface area contributed by atoms with Crippen LogP contribution in [-0.4, -0.2) is 31.0 Å². The second kappa shape index (κ2) is 7.87. The molecule has 1 aromatic heterocycles. The van der Waals surface area contributed by atoms with E-state index in [4.69, 9.17) is 9.47 Å². The molecule has 7 nitrogen and oxygen atoms in total. The molecular weight excluding hydrogens is 310 g/mol. The molecule has 0 saturated heterocycles. The maximum atomic E-state index is 12.3. The summed E-state index contributed by atoms with van der Waals surface area (Å²) in [7, 11) is 3.02. The lowest BCUT2D eigenvalue weighted by Gasteiger charge is -2.14. The fraction of sp³-hybridized carbons (Fsp3) is 0.176. The zero-order valence-electron chi connectivity index (χ0n) is 13.5. The number of hydrogen-bond acceptors (Lipinski definition) is 4. The SMILES string of the molecule is C=CCc1cc(C(=O)NNC(=O)c2ccc[nH]2)cc(OC)c1OC. The molecule has 7 heteroatoms. The van der Waals surface area contributed by atoms with Gasteiger partial charge in [-0.05, 0) is 30.7 Å². The molecule has 0 unspecified atom stereocenters. The van der Waals surface area contributed by atoms with Crippen molar-refractivity contribution < 1.29 is 19.1 Å². The van der Waals surface area contributed by atoms with Gasteiger partial charge >= 0.3 is 0 Å². The number of amides is 2. The highest BCUT2D eigenvalue weighted by Gasteiger charge is 2.16. The Morgan fingerprint density at radius 2 is 1.96 bits per heavy atom. The molecule has 0 aliphatic heterocycles. The molecule has 2 rings (SSSR count). The zero-order chi connectivity index (χ0) is 17.5. The quantitative estimate of drug-likeness (QED) is 0.557. The van der Waals surface area contributed by atoms with Gasteiger partial charge in [0.15, 0.2) is 11.5 Å². The molecule has 0 atom stereocenters. The van der Waals surface area contributed by atoms with Gasteiger partial charge in [0, 0.05) is 17.3 Å². The normalized spacial score (nSPS) is 9.92. The first kappa shape index (κ1) is 17.1. The van der Waals surface area contributed by atoms with E-state index in [2.05, 4.69) is 22.4 Å². The van der Waals surface area contributed by atoms with Gasteiger partial charge in [-0.3, -0.25) is 20.4 Å². The average molecular weight is 329 g/mol. The first-order valence-corrected chi connectivity index (χ1v) is 7.20. The number of aromatic amines is 1. The van der Waals surface area contributed by atoms with Crippen molar-refractivity contribution in [3.8, 4) is 11.5 Å². The molecule has 0 aliphatic rings. The lowest BCUT2D eigenvalue weighted by molar-refractivity contribution is 0.0844. The van der Waals surface area contributed by atoms with Crippen molar-refractivity contribution in [1.82, 2.24) is 15.8 Å². The van der Waals surface area contributed by atoms with E-state index >= 15 is 0 Å². The minimum atomic E-state index is -0.471. The monoisotopic (exact) mass is 329 g/mol.